The van der Waals surface area contributed by atoms with Crippen molar-refractivity contribution in [2.24, 2.45) is 5.16 Å². The Morgan fingerprint density at radius 1 is 1.24 bits per heavy atom. The van der Waals surface area contributed by atoms with E-state index < -0.39 is 45.2 Å². The van der Waals surface area contributed by atoms with Crippen LogP contribution in [0.1, 0.15) is 5.56 Å². The molecule has 20 heteroatoms. The van der Waals surface area contributed by atoms with E-state index in [1.54, 1.807) is 30.3 Å². The third kappa shape index (κ3) is 7.18. The van der Waals surface area contributed by atoms with Crippen LogP contribution in [0, 0.1) is 0 Å². The maximum absolute atomic E-state index is 12.8. The maximum atomic E-state index is 12.8. The zero-order valence-electron chi connectivity index (χ0n) is 18.0. The van der Waals surface area contributed by atoms with Gasteiger partial charge in [0, 0.05) is 17.1 Å². The van der Waals surface area contributed by atoms with Crippen LogP contribution in [0.5, 0.6) is 0 Å². The van der Waals surface area contributed by atoms with E-state index in [0.717, 1.165) is 21.3 Å². The van der Waals surface area contributed by atoms with Gasteiger partial charge in [0.2, 0.25) is 5.16 Å². The summed E-state index contributed by atoms with van der Waals surface area (Å²) in [6.45, 7) is 0. The summed E-state index contributed by atoms with van der Waals surface area (Å²) in [5.41, 5.74) is 0.139. The van der Waals surface area contributed by atoms with E-state index in [2.05, 4.69) is 26.0 Å². The summed E-state index contributed by atoms with van der Waals surface area (Å²) < 4.78 is 32.1. The van der Waals surface area contributed by atoms with E-state index in [9.17, 15) is 33.1 Å². The fraction of sp³-hybridized carbons (Fsp3) is 0.278. The Bertz CT molecular complexity index is 1390. The van der Waals surface area contributed by atoms with Gasteiger partial charge in [-0.15, -0.1) is 16.9 Å². The number of hydrogen-bond acceptors (Lipinski definition) is 12. The summed E-state index contributed by atoms with van der Waals surface area (Å²) in [5.74, 6) is -3.47. The van der Waals surface area contributed by atoms with Gasteiger partial charge in [-0.05, 0) is 16.0 Å². The van der Waals surface area contributed by atoms with Gasteiger partial charge in [0.1, 0.15) is 17.1 Å². The van der Waals surface area contributed by atoms with Crippen LogP contribution in [0.2, 0.25) is 0 Å². The molecule has 2 aliphatic rings. The number of amides is 2. The number of rotatable bonds is 9. The number of β-lactam (4-membered cyclic amide) rings is 1. The van der Waals surface area contributed by atoms with Gasteiger partial charge in [-0.2, -0.15) is 8.42 Å². The number of nitrogens with zero attached hydrogens (tertiary/aromatic N) is 6. The van der Waals surface area contributed by atoms with Gasteiger partial charge >= 0.3 is 65.1 Å². The molecule has 194 valence electrons. The van der Waals surface area contributed by atoms with Crippen LogP contribution in [0.4, 0.5) is 0 Å². The van der Waals surface area contributed by atoms with Gasteiger partial charge in [0.05, 0.1) is 0 Å². The summed E-state index contributed by atoms with van der Waals surface area (Å²) in [6, 6.07) is 7.08. The van der Waals surface area contributed by atoms with Gasteiger partial charge in [-0.3, -0.25) is 19.0 Å². The molecular formula is C18H19N7Na2O8S3. The van der Waals surface area contributed by atoms with Crippen LogP contribution in [-0.4, -0.2) is 154 Å². The summed E-state index contributed by atoms with van der Waals surface area (Å²) in [6.07, 6.45) is 0. The molecule has 0 bridgehead atoms. The normalized spacial score (nSPS) is 19.0. The van der Waals surface area contributed by atoms with Gasteiger partial charge in [-0.25, -0.2) is 9.48 Å². The van der Waals surface area contributed by atoms with Crippen LogP contribution >= 0.6 is 23.5 Å². The third-order valence-corrected chi connectivity index (χ3v) is 8.01. The topological polar surface area (TPSA) is 217 Å². The van der Waals surface area contributed by atoms with Crippen molar-refractivity contribution in [2.45, 2.75) is 22.4 Å². The van der Waals surface area contributed by atoms with Crippen molar-refractivity contribution in [3.8, 4) is 0 Å². The summed E-state index contributed by atoms with van der Waals surface area (Å²) in [4.78, 5) is 38.6. The molecule has 4 rings (SSSR count). The minimum atomic E-state index is -4.41. The van der Waals surface area contributed by atoms with Crippen molar-refractivity contribution in [1.82, 2.24) is 30.4 Å². The molecule has 2 atom stereocenters. The van der Waals surface area contributed by atoms with Crippen molar-refractivity contribution in [3.63, 3.8) is 0 Å². The van der Waals surface area contributed by atoms with E-state index in [1.165, 1.54) is 11.8 Å². The van der Waals surface area contributed by atoms with Gasteiger partial charge in [0.25, 0.3) is 21.9 Å². The van der Waals surface area contributed by atoms with Crippen molar-refractivity contribution in [1.29, 1.82) is 0 Å². The van der Waals surface area contributed by atoms with E-state index in [1.807, 2.05) is 0 Å². The number of carboxylic acid groups (broad SMARTS) is 1. The molecular weight excluding hydrogens is 584 g/mol. The molecule has 15 nitrogen and oxygen atoms in total. The second-order valence-electron chi connectivity index (χ2n) is 7.39. The number of aromatic nitrogens is 4. The molecule has 0 saturated carbocycles. The first kappa shape index (κ1) is 32.7. The Labute approximate surface area is 268 Å². The number of carboxylic acids is 1. The van der Waals surface area contributed by atoms with Crippen LogP contribution in [0.3, 0.4) is 0 Å². The Morgan fingerprint density at radius 3 is 2.53 bits per heavy atom. The molecule has 1 aromatic heterocycles. The van der Waals surface area contributed by atoms with Crippen molar-refractivity contribution < 1.29 is 37.7 Å². The number of tetrazole rings is 1. The SMILES string of the molecule is O=C(O)C1=C(CSc2nnnn2CS(=O)(=O)O)CS[C@@H]2[C@H](NC(=O)/C(=N/O)c3ccccc3)C(=O)N12.[NaH].[NaH]. The van der Waals surface area contributed by atoms with Crippen molar-refractivity contribution >= 4 is 116 Å². The van der Waals surface area contributed by atoms with Gasteiger partial charge in [0.15, 0.2) is 11.6 Å². The summed E-state index contributed by atoms with van der Waals surface area (Å²) in [7, 11) is -4.41. The van der Waals surface area contributed by atoms with E-state index in [4.69, 9.17) is 4.55 Å². The van der Waals surface area contributed by atoms with E-state index in [0.29, 0.717) is 11.1 Å². The predicted octanol–water partition coefficient (Wildman–Crippen LogP) is -2.07. The number of thioether (sulfide) groups is 2. The fourth-order valence-corrected chi connectivity index (χ4v) is 6.45. The number of carbonyl (C=O) groups is 3. The first-order valence-electron chi connectivity index (χ1n) is 9.93. The van der Waals surface area contributed by atoms with Crippen molar-refractivity contribution in [2.75, 3.05) is 11.5 Å². The third-order valence-electron chi connectivity index (χ3n) is 5.06. The fourth-order valence-electron chi connectivity index (χ4n) is 3.52. The number of fused-ring (bicyclic) bond motifs is 1. The van der Waals surface area contributed by atoms with Crippen LogP contribution in [-0.2, 0) is 30.4 Å². The minimum absolute atomic E-state index is 0. The molecule has 1 aromatic carbocycles. The van der Waals surface area contributed by atoms with Crippen LogP contribution in [0.25, 0.3) is 0 Å². The molecule has 2 amide bonds. The molecule has 2 aliphatic heterocycles. The molecule has 1 fully saturated rings. The Kier molecular flexibility index (Phi) is 11.8. The number of carbonyl (C=O) groups excluding carboxylic acids is 2. The zero-order chi connectivity index (χ0) is 26.0. The molecule has 3 heterocycles. The zero-order valence-corrected chi connectivity index (χ0v) is 20.4. The number of hydrogen-bond donors (Lipinski definition) is 4. The molecule has 0 aliphatic carbocycles. The number of nitrogens with one attached hydrogen (secondary N) is 1. The molecule has 38 heavy (non-hydrogen) atoms. The molecule has 2 aromatic rings. The number of benzene rings is 1. The van der Waals surface area contributed by atoms with Gasteiger partial charge < -0.3 is 15.6 Å². The molecule has 1 saturated heterocycles. The van der Waals surface area contributed by atoms with Crippen LogP contribution < -0.4 is 5.32 Å². The number of oxime groups is 1. The monoisotopic (exact) mass is 603 g/mol. The average Bonchev–Trinajstić information content (AvgIpc) is 3.26. The van der Waals surface area contributed by atoms with Crippen LogP contribution in [0.15, 0.2) is 51.9 Å². The van der Waals surface area contributed by atoms with Crippen molar-refractivity contribution in [3.05, 3.63) is 47.2 Å². The molecule has 0 unspecified atom stereocenters. The molecule has 4 N–H and O–H groups in total. The first-order valence-corrected chi connectivity index (χ1v) is 13.6. The van der Waals surface area contributed by atoms with Gasteiger partial charge in [-0.1, -0.05) is 47.2 Å². The Balaban J connectivity index is 0.00000253. The second kappa shape index (κ2) is 13.7. The summed E-state index contributed by atoms with van der Waals surface area (Å²) >= 11 is 2.15. The molecule has 0 spiro atoms. The van der Waals surface area contributed by atoms with E-state index in [-0.39, 0.29) is 87.2 Å². The van der Waals surface area contributed by atoms with E-state index >= 15 is 0 Å². The Hall–Kier alpha value is -1.48. The average molecular weight is 604 g/mol. The standard InChI is InChI=1S/C18H17N7O8S3.2Na.2H/c26-14(11(21-30)9-4-2-1-3-5-9)19-12-15(27)25-13(17(28)29)10(6-34-16(12)25)7-35-18-20-22-23-24(18)8-36(31,32)33;;;;/h1-5,12,16,30H,6-8H2,(H,19,26)(H,28,29)(H,31,32,33);;;;/b21-11+;;;;/t12-,16-;;;;/m1..../s1. The number of aliphatic carboxylic acids is 1. The first-order chi connectivity index (χ1) is 17.1. The molecule has 0 radical (unpaired) electrons. The summed E-state index contributed by atoms with van der Waals surface area (Å²) in [5, 5.41) is 34.4. The predicted molar refractivity (Wildman–Crippen MR) is 139 cm³/mol. The second-order valence-corrected chi connectivity index (χ2v) is 10.9. The quantitative estimate of drug-likeness (QED) is 0.0461. The Morgan fingerprint density at radius 2 is 1.92 bits per heavy atom.